The molecule has 0 bridgehead atoms. The summed E-state index contributed by atoms with van der Waals surface area (Å²) >= 11 is 0. The number of carbonyl (C=O) groups is 3. The molecule has 0 unspecified atom stereocenters. The Bertz CT molecular complexity index is 1320. The molecule has 0 fully saturated rings. The highest BCUT2D eigenvalue weighted by Gasteiger charge is 2.19. The fourth-order valence-corrected chi connectivity index (χ4v) is 3.45. The highest BCUT2D eigenvalue weighted by Crippen LogP contribution is 2.33. The molecule has 0 spiro atoms. The first-order valence-electron chi connectivity index (χ1n) is 11.1. The summed E-state index contributed by atoms with van der Waals surface area (Å²) in [6.45, 7) is 2.10. The van der Waals surface area contributed by atoms with E-state index in [0.717, 1.165) is 0 Å². The van der Waals surface area contributed by atoms with E-state index in [1.807, 2.05) is 0 Å². The van der Waals surface area contributed by atoms with Crippen molar-refractivity contribution >= 4 is 29.5 Å². The molecule has 2 N–H and O–H groups in total. The number of amides is 2. The molecule has 0 aliphatic carbocycles. The number of fused-ring (bicyclic) bond motifs is 1. The number of anilines is 1. The van der Waals surface area contributed by atoms with E-state index < -0.39 is 17.8 Å². The minimum Gasteiger partial charge on any atom is -0.496 e. The van der Waals surface area contributed by atoms with Gasteiger partial charge < -0.3 is 29.6 Å². The number of nitrogens with one attached hydrogen (secondary N) is 2. The minimum absolute atomic E-state index is 0.0146. The van der Waals surface area contributed by atoms with Crippen molar-refractivity contribution in [2.75, 3.05) is 25.8 Å². The molecule has 0 aromatic heterocycles. The maximum Gasteiger partial charge on any atom is 0.338 e. The van der Waals surface area contributed by atoms with E-state index in [0.29, 0.717) is 34.1 Å². The summed E-state index contributed by atoms with van der Waals surface area (Å²) in [4.78, 5) is 38.1. The van der Waals surface area contributed by atoms with Crippen LogP contribution in [-0.2, 0) is 9.53 Å². The maximum atomic E-state index is 13.2. The number of benzene rings is 3. The van der Waals surface area contributed by atoms with Crippen LogP contribution in [0, 0.1) is 0 Å². The number of ether oxygens (including phenoxy) is 4. The van der Waals surface area contributed by atoms with Gasteiger partial charge in [0.05, 0.1) is 24.8 Å². The Morgan fingerprint density at radius 1 is 0.972 bits per heavy atom. The van der Waals surface area contributed by atoms with Gasteiger partial charge in [-0.05, 0) is 67.1 Å². The molecule has 36 heavy (non-hydrogen) atoms. The van der Waals surface area contributed by atoms with Crippen LogP contribution in [0.2, 0.25) is 0 Å². The molecule has 0 atom stereocenters. The summed E-state index contributed by atoms with van der Waals surface area (Å²) in [6, 6.07) is 18.1. The minimum atomic E-state index is -0.570. The number of hydrogen-bond donors (Lipinski definition) is 2. The molecule has 3 aromatic carbocycles. The third-order valence-corrected chi connectivity index (χ3v) is 5.21. The van der Waals surface area contributed by atoms with Crippen molar-refractivity contribution in [3.63, 3.8) is 0 Å². The molecule has 1 aliphatic rings. The lowest BCUT2D eigenvalue weighted by Gasteiger charge is -2.13. The standard InChI is InChI=1S/C27H24N2O7/c1-3-34-27(32)18-9-11-19(12-10-18)28-26(31)21(14-17-8-13-23-24(15-17)36-16-35-23)29-25(30)20-6-4-5-7-22(20)33-2/h4-15H,3,16H2,1-2H3,(H,28,31)(H,29,30)/b21-14-. The Kier molecular flexibility index (Phi) is 7.50. The summed E-state index contributed by atoms with van der Waals surface area (Å²) in [5.41, 5.74) is 1.65. The average molecular weight is 488 g/mol. The fraction of sp³-hybridized carbons (Fsp3) is 0.148. The molecule has 184 valence electrons. The van der Waals surface area contributed by atoms with E-state index in [-0.39, 0.29) is 24.7 Å². The van der Waals surface area contributed by atoms with Crippen LogP contribution in [0.4, 0.5) is 5.69 Å². The molecule has 0 radical (unpaired) electrons. The van der Waals surface area contributed by atoms with Crippen molar-refractivity contribution in [2.24, 2.45) is 0 Å². The molecular weight excluding hydrogens is 464 g/mol. The SMILES string of the molecule is CCOC(=O)c1ccc(NC(=O)/C(=C/c2ccc3c(c2)OCO3)NC(=O)c2ccccc2OC)cc1. The number of rotatable bonds is 8. The maximum absolute atomic E-state index is 13.2. The van der Waals surface area contributed by atoms with Crippen LogP contribution in [-0.4, -0.2) is 38.3 Å². The highest BCUT2D eigenvalue weighted by molar-refractivity contribution is 6.11. The van der Waals surface area contributed by atoms with Crippen LogP contribution in [0.15, 0.2) is 72.4 Å². The smallest absolute Gasteiger partial charge is 0.338 e. The second kappa shape index (κ2) is 11.1. The van der Waals surface area contributed by atoms with E-state index >= 15 is 0 Å². The lowest BCUT2D eigenvalue weighted by atomic mass is 10.1. The van der Waals surface area contributed by atoms with E-state index in [1.165, 1.54) is 13.2 Å². The Morgan fingerprint density at radius 2 is 1.72 bits per heavy atom. The Morgan fingerprint density at radius 3 is 2.47 bits per heavy atom. The Balaban J connectivity index is 1.60. The van der Waals surface area contributed by atoms with Gasteiger partial charge in [-0.1, -0.05) is 18.2 Å². The van der Waals surface area contributed by atoms with Crippen molar-refractivity contribution in [1.29, 1.82) is 0 Å². The van der Waals surface area contributed by atoms with Crippen molar-refractivity contribution in [1.82, 2.24) is 5.32 Å². The first kappa shape index (κ1) is 24.3. The van der Waals surface area contributed by atoms with Gasteiger partial charge in [-0.3, -0.25) is 9.59 Å². The third-order valence-electron chi connectivity index (χ3n) is 5.21. The average Bonchev–Trinajstić information content (AvgIpc) is 3.36. The van der Waals surface area contributed by atoms with Crippen molar-refractivity contribution < 1.29 is 33.3 Å². The van der Waals surface area contributed by atoms with Crippen molar-refractivity contribution in [3.8, 4) is 17.2 Å². The quantitative estimate of drug-likeness (QED) is 0.364. The number of esters is 1. The van der Waals surface area contributed by atoms with Crippen LogP contribution in [0.5, 0.6) is 17.2 Å². The van der Waals surface area contributed by atoms with E-state index in [4.69, 9.17) is 18.9 Å². The monoisotopic (exact) mass is 488 g/mol. The summed E-state index contributed by atoms with van der Waals surface area (Å²) in [6.07, 6.45) is 1.53. The highest BCUT2D eigenvalue weighted by atomic mass is 16.7. The predicted octanol–water partition coefficient (Wildman–Crippen LogP) is 4.01. The molecule has 3 aromatic rings. The van der Waals surface area contributed by atoms with Crippen LogP contribution in [0.25, 0.3) is 6.08 Å². The topological polar surface area (TPSA) is 112 Å². The molecule has 0 saturated carbocycles. The number of methoxy groups -OCH3 is 1. The summed E-state index contributed by atoms with van der Waals surface area (Å²) in [7, 11) is 1.46. The van der Waals surface area contributed by atoms with Gasteiger partial charge >= 0.3 is 5.97 Å². The zero-order chi connectivity index (χ0) is 25.5. The number of hydrogen-bond acceptors (Lipinski definition) is 7. The van der Waals surface area contributed by atoms with Crippen LogP contribution >= 0.6 is 0 Å². The molecule has 1 aliphatic heterocycles. The van der Waals surface area contributed by atoms with Crippen LogP contribution in [0.3, 0.4) is 0 Å². The number of para-hydroxylation sites is 1. The summed E-state index contributed by atoms with van der Waals surface area (Å²) in [5.74, 6) is -0.0469. The second-order valence-electron chi connectivity index (χ2n) is 7.58. The van der Waals surface area contributed by atoms with Gasteiger partial charge in [-0.25, -0.2) is 4.79 Å². The molecule has 9 heteroatoms. The zero-order valence-corrected chi connectivity index (χ0v) is 19.7. The van der Waals surface area contributed by atoms with Crippen molar-refractivity contribution in [2.45, 2.75) is 6.92 Å². The first-order valence-corrected chi connectivity index (χ1v) is 11.1. The van der Waals surface area contributed by atoms with Gasteiger partial charge in [-0.15, -0.1) is 0 Å². The third kappa shape index (κ3) is 5.64. The molecule has 2 amide bonds. The lowest BCUT2D eigenvalue weighted by Crippen LogP contribution is -2.31. The van der Waals surface area contributed by atoms with E-state index in [1.54, 1.807) is 73.7 Å². The Labute approximate surface area is 207 Å². The summed E-state index contributed by atoms with van der Waals surface area (Å²) < 4.78 is 21.0. The van der Waals surface area contributed by atoms with E-state index in [9.17, 15) is 14.4 Å². The second-order valence-corrected chi connectivity index (χ2v) is 7.58. The molecule has 0 saturated heterocycles. The van der Waals surface area contributed by atoms with Crippen molar-refractivity contribution in [3.05, 3.63) is 89.1 Å². The van der Waals surface area contributed by atoms with Gasteiger partial charge in [0.1, 0.15) is 11.4 Å². The molecular formula is C27H24N2O7. The van der Waals surface area contributed by atoms with Gasteiger partial charge in [0.25, 0.3) is 11.8 Å². The first-order chi connectivity index (χ1) is 17.5. The zero-order valence-electron chi connectivity index (χ0n) is 19.7. The van der Waals surface area contributed by atoms with E-state index in [2.05, 4.69) is 10.6 Å². The normalized spacial score (nSPS) is 12.0. The van der Waals surface area contributed by atoms with Gasteiger partial charge in [0, 0.05) is 5.69 Å². The van der Waals surface area contributed by atoms with Gasteiger partial charge in [-0.2, -0.15) is 0 Å². The van der Waals surface area contributed by atoms with Crippen LogP contribution < -0.4 is 24.8 Å². The van der Waals surface area contributed by atoms with Gasteiger partial charge in [0.15, 0.2) is 11.5 Å². The Hall–Kier alpha value is -4.79. The molecule has 4 rings (SSSR count). The molecule has 9 nitrogen and oxygen atoms in total. The lowest BCUT2D eigenvalue weighted by molar-refractivity contribution is -0.113. The summed E-state index contributed by atoms with van der Waals surface area (Å²) in [5, 5.41) is 5.41. The van der Waals surface area contributed by atoms with Crippen LogP contribution in [0.1, 0.15) is 33.2 Å². The largest absolute Gasteiger partial charge is 0.496 e. The molecule has 1 heterocycles. The fourth-order valence-electron chi connectivity index (χ4n) is 3.45. The van der Waals surface area contributed by atoms with Gasteiger partial charge in [0.2, 0.25) is 6.79 Å². The predicted molar refractivity (Wildman–Crippen MR) is 132 cm³/mol. The number of carbonyl (C=O) groups excluding carboxylic acids is 3.